The van der Waals surface area contributed by atoms with E-state index in [1.807, 2.05) is 49.0 Å². The molecule has 9 heteroatoms. The number of rotatable bonds is 5. The number of hydrogen-bond donors (Lipinski definition) is 1. The monoisotopic (exact) mass is 558 g/mol. The fourth-order valence-corrected chi connectivity index (χ4v) is 4.79. The van der Waals surface area contributed by atoms with Crippen molar-refractivity contribution in [2.24, 2.45) is 0 Å². The van der Waals surface area contributed by atoms with Gasteiger partial charge < -0.3 is 10.2 Å². The minimum Gasteiger partial charge on any atom is -0.322 e. The summed E-state index contributed by atoms with van der Waals surface area (Å²) in [6, 6.07) is 11.0. The number of carbonyl (C=O) groups is 1. The lowest BCUT2D eigenvalue weighted by molar-refractivity contribution is -0.423. The van der Waals surface area contributed by atoms with E-state index >= 15 is 0 Å². The van der Waals surface area contributed by atoms with Crippen LogP contribution in [0.15, 0.2) is 61.1 Å². The Balaban J connectivity index is 1.32. The molecule has 1 saturated heterocycles. The minimum atomic E-state index is -4.54. The van der Waals surface area contributed by atoms with Crippen LogP contribution in [0, 0.1) is 18.8 Å². The average molecular weight is 559 g/mol. The minimum absolute atomic E-state index is 0.0910. The third-order valence-corrected chi connectivity index (χ3v) is 7.26. The quantitative estimate of drug-likeness (QED) is 0.359. The maximum absolute atomic E-state index is 14.0. The van der Waals surface area contributed by atoms with Crippen LogP contribution < -0.4 is 5.32 Å². The molecule has 1 aromatic heterocycles. The topological polar surface area (TPSA) is 51.5 Å². The van der Waals surface area contributed by atoms with Gasteiger partial charge in [0.05, 0.1) is 5.56 Å². The Labute approximate surface area is 237 Å². The normalized spacial score (nSPS) is 15.8. The molecule has 0 unspecified atom stereocenters. The summed E-state index contributed by atoms with van der Waals surface area (Å²) in [7, 11) is 3.95. The standard InChI is InChI=1S/C32H30F3N5O/c1-22-4-6-25(15-24(22)7-5-23-14-27(18-36-17-23)28-19-39(3)20-28)31(41)37-29-9-8-26(30(16-29)32(33,34)35)21-40-12-10-38(2)11-13-40/h4,6,8-9,14-20H,10-13,21H2,1-3H3/p+1. The zero-order valence-electron chi connectivity index (χ0n) is 23.2. The molecule has 210 valence electrons. The number of allylic oxidation sites excluding steroid dienone is 1. The maximum Gasteiger partial charge on any atom is 0.416 e. The molecule has 1 N–H and O–H groups in total. The third kappa shape index (κ3) is 6.91. The lowest BCUT2D eigenvalue weighted by Crippen LogP contribution is -2.44. The van der Waals surface area contributed by atoms with E-state index in [1.165, 1.54) is 12.1 Å². The summed E-state index contributed by atoms with van der Waals surface area (Å²) in [5, 5.41) is 2.63. The Kier molecular flexibility index (Phi) is 8.06. The number of piperazine rings is 1. The fraction of sp³-hybridized carbons (Fsp3) is 0.281. The first-order valence-corrected chi connectivity index (χ1v) is 13.3. The summed E-state index contributed by atoms with van der Waals surface area (Å²) < 4.78 is 43.9. The van der Waals surface area contributed by atoms with Gasteiger partial charge in [0.1, 0.15) is 12.6 Å². The molecule has 3 aromatic rings. The molecule has 1 amide bonds. The number of carbonyl (C=O) groups excluding carboxylic acids is 1. The van der Waals surface area contributed by atoms with Crippen LogP contribution in [0.5, 0.6) is 0 Å². The summed E-state index contributed by atoms with van der Waals surface area (Å²) >= 11 is 0. The van der Waals surface area contributed by atoms with Crippen LogP contribution in [0.25, 0.3) is 5.57 Å². The van der Waals surface area contributed by atoms with Gasteiger partial charge in [-0.1, -0.05) is 24.0 Å². The molecule has 1 fully saturated rings. The van der Waals surface area contributed by atoms with Gasteiger partial charge >= 0.3 is 6.18 Å². The number of halogens is 3. The van der Waals surface area contributed by atoms with Gasteiger partial charge in [0, 0.05) is 73.1 Å². The van der Waals surface area contributed by atoms with Crippen molar-refractivity contribution in [1.29, 1.82) is 0 Å². The molecule has 0 atom stereocenters. The number of nitrogens with one attached hydrogen (secondary N) is 1. The Morgan fingerprint density at radius 2 is 1.80 bits per heavy atom. The zero-order chi connectivity index (χ0) is 29.1. The Morgan fingerprint density at radius 3 is 2.51 bits per heavy atom. The van der Waals surface area contributed by atoms with E-state index in [0.717, 1.165) is 41.4 Å². The molecule has 0 bridgehead atoms. The number of pyridine rings is 1. The largest absolute Gasteiger partial charge is 0.416 e. The molecule has 2 aliphatic heterocycles. The average Bonchev–Trinajstić information content (AvgIpc) is 2.92. The fourth-order valence-electron chi connectivity index (χ4n) is 4.79. The summed E-state index contributed by atoms with van der Waals surface area (Å²) in [6.45, 7) is 5.15. The number of amides is 1. The Bertz CT molecular complexity index is 1610. The number of benzene rings is 2. The Morgan fingerprint density at radius 1 is 1.05 bits per heavy atom. The molecule has 5 rings (SSSR count). The highest BCUT2D eigenvalue weighted by atomic mass is 19.4. The number of aromatic nitrogens is 1. The van der Waals surface area contributed by atoms with Gasteiger partial charge in [-0.2, -0.15) is 13.2 Å². The molecule has 41 heavy (non-hydrogen) atoms. The van der Waals surface area contributed by atoms with Crippen molar-refractivity contribution in [2.75, 3.05) is 45.6 Å². The van der Waals surface area contributed by atoms with Crippen molar-refractivity contribution in [1.82, 2.24) is 14.8 Å². The number of hydrogen-bond acceptors (Lipinski definition) is 4. The predicted octanol–water partition coefficient (Wildman–Crippen LogP) is 4.88. The van der Waals surface area contributed by atoms with Crippen LogP contribution in [-0.4, -0.2) is 71.8 Å². The maximum atomic E-state index is 14.0. The van der Waals surface area contributed by atoms with Crippen LogP contribution in [0.2, 0.25) is 0 Å². The summed E-state index contributed by atoms with van der Waals surface area (Å²) in [6.07, 6.45) is 2.92. The molecule has 0 spiro atoms. The van der Waals surface area contributed by atoms with Gasteiger partial charge in [-0.25, -0.2) is 4.58 Å². The van der Waals surface area contributed by atoms with Gasteiger partial charge in [0.25, 0.3) is 5.91 Å². The highest BCUT2D eigenvalue weighted by molar-refractivity contribution is 6.10. The molecular formula is C32H31F3N5O+. The highest BCUT2D eigenvalue weighted by Gasteiger charge is 2.34. The Hall–Kier alpha value is -4.26. The van der Waals surface area contributed by atoms with Crippen LogP contribution in [-0.2, 0) is 12.7 Å². The number of alkyl halides is 3. The third-order valence-electron chi connectivity index (χ3n) is 7.26. The summed E-state index contributed by atoms with van der Waals surface area (Å²) in [5.41, 5.74) is 4.15. The first-order chi connectivity index (χ1) is 19.5. The first-order valence-electron chi connectivity index (χ1n) is 13.3. The predicted molar refractivity (Wildman–Crippen MR) is 154 cm³/mol. The van der Waals surface area contributed by atoms with Crippen LogP contribution in [0.3, 0.4) is 0 Å². The van der Waals surface area contributed by atoms with Crippen molar-refractivity contribution >= 4 is 23.4 Å². The molecule has 2 aromatic carbocycles. The van der Waals surface area contributed by atoms with Gasteiger partial charge in [-0.15, -0.1) is 0 Å². The van der Waals surface area contributed by atoms with Crippen molar-refractivity contribution < 1.29 is 22.5 Å². The van der Waals surface area contributed by atoms with Crippen molar-refractivity contribution in [3.63, 3.8) is 0 Å². The highest BCUT2D eigenvalue weighted by Crippen LogP contribution is 2.34. The lowest BCUT2D eigenvalue weighted by Gasteiger charge is -2.33. The van der Waals surface area contributed by atoms with Crippen molar-refractivity contribution in [2.45, 2.75) is 19.6 Å². The van der Waals surface area contributed by atoms with E-state index in [-0.39, 0.29) is 17.8 Å². The van der Waals surface area contributed by atoms with Gasteiger partial charge in [0.2, 0.25) is 0 Å². The second-order valence-corrected chi connectivity index (χ2v) is 10.5. The molecule has 2 aliphatic rings. The van der Waals surface area contributed by atoms with Crippen LogP contribution in [0.1, 0.15) is 43.7 Å². The zero-order valence-corrected chi connectivity index (χ0v) is 23.2. The lowest BCUT2D eigenvalue weighted by atomic mass is 10.0. The van der Waals surface area contributed by atoms with E-state index in [1.54, 1.807) is 30.6 Å². The van der Waals surface area contributed by atoms with E-state index in [4.69, 9.17) is 0 Å². The SMILES string of the molecule is Cc1ccc(C(=O)Nc2ccc(CN3CCN(C)CC3)c(C(F)(F)F)c2)cc1C#Cc1cncc(C2=C[N+](C)=C2)c1. The summed E-state index contributed by atoms with van der Waals surface area (Å²) in [4.78, 5) is 21.5. The molecule has 3 heterocycles. The van der Waals surface area contributed by atoms with Crippen LogP contribution >= 0.6 is 0 Å². The number of likely N-dealkylation sites (N-methyl/N-ethyl adjacent to an activating group) is 1. The molecular weight excluding hydrogens is 527 g/mol. The molecule has 0 radical (unpaired) electrons. The first kappa shape index (κ1) is 28.3. The van der Waals surface area contributed by atoms with E-state index in [9.17, 15) is 18.0 Å². The number of aryl methyl sites for hydroxylation is 1. The molecule has 0 saturated carbocycles. The second kappa shape index (κ2) is 11.7. The number of nitrogens with zero attached hydrogens (tertiary/aromatic N) is 4. The molecule has 0 aliphatic carbocycles. The van der Waals surface area contributed by atoms with E-state index < -0.39 is 17.6 Å². The van der Waals surface area contributed by atoms with Gasteiger partial charge in [-0.05, 0) is 55.4 Å². The van der Waals surface area contributed by atoms with E-state index in [2.05, 4.69) is 27.0 Å². The van der Waals surface area contributed by atoms with Gasteiger partial charge in [0.15, 0.2) is 12.4 Å². The number of anilines is 1. The molecule has 6 nitrogen and oxygen atoms in total. The smallest absolute Gasteiger partial charge is 0.322 e. The van der Waals surface area contributed by atoms with Crippen LogP contribution in [0.4, 0.5) is 18.9 Å². The second-order valence-electron chi connectivity index (χ2n) is 10.5. The van der Waals surface area contributed by atoms with Gasteiger partial charge in [-0.3, -0.25) is 14.7 Å². The summed E-state index contributed by atoms with van der Waals surface area (Å²) in [5.74, 6) is 5.71. The van der Waals surface area contributed by atoms with Crippen molar-refractivity contribution in [3.8, 4) is 11.8 Å². The van der Waals surface area contributed by atoms with Crippen molar-refractivity contribution in [3.05, 3.63) is 100 Å². The van der Waals surface area contributed by atoms with E-state index in [0.29, 0.717) is 24.2 Å².